The molecule has 3 heterocycles. The van der Waals surface area contributed by atoms with E-state index < -0.39 is 29.3 Å². The van der Waals surface area contributed by atoms with Gasteiger partial charge in [-0.25, -0.2) is 4.79 Å². The van der Waals surface area contributed by atoms with E-state index >= 15 is 0 Å². The fourth-order valence-corrected chi connectivity index (χ4v) is 4.80. The van der Waals surface area contributed by atoms with Gasteiger partial charge in [-0.2, -0.15) is 0 Å². The topological polar surface area (TPSA) is 126 Å². The van der Waals surface area contributed by atoms with Gasteiger partial charge in [0.2, 0.25) is 5.91 Å². The molecule has 28 heavy (non-hydrogen) atoms. The van der Waals surface area contributed by atoms with Gasteiger partial charge in [0.25, 0.3) is 5.91 Å². The zero-order valence-electron chi connectivity index (χ0n) is 14.8. The Morgan fingerprint density at radius 1 is 1.39 bits per heavy atom. The van der Waals surface area contributed by atoms with Crippen LogP contribution in [0.25, 0.3) is 0 Å². The summed E-state index contributed by atoms with van der Waals surface area (Å²) in [5, 5.41) is 11.7. The average molecular weight is 423 g/mol. The maximum Gasteiger partial charge on any atom is 0.352 e. The summed E-state index contributed by atoms with van der Waals surface area (Å²) >= 11 is 2.64. The van der Waals surface area contributed by atoms with E-state index in [2.05, 4.69) is 10.3 Å². The molecule has 1 saturated heterocycles. The lowest BCUT2D eigenvalue weighted by Gasteiger charge is -2.49. The highest BCUT2D eigenvalue weighted by Gasteiger charge is 2.54. The van der Waals surface area contributed by atoms with E-state index in [1.54, 1.807) is 24.5 Å². The van der Waals surface area contributed by atoms with Crippen molar-refractivity contribution in [3.05, 3.63) is 35.8 Å². The molecule has 148 valence electrons. The van der Waals surface area contributed by atoms with Crippen LogP contribution in [-0.2, 0) is 23.9 Å². The molecule has 0 spiro atoms. The van der Waals surface area contributed by atoms with Crippen molar-refractivity contribution in [1.82, 2.24) is 15.2 Å². The lowest BCUT2D eigenvalue weighted by molar-refractivity contribution is -0.150. The number of β-lactam (4-membered cyclic amide) rings is 1. The van der Waals surface area contributed by atoms with Gasteiger partial charge >= 0.3 is 11.9 Å². The van der Waals surface area contributed by atoms with Crippen LogP contribution < -0.4 is 5.32 Å². The molecular formula is C17H17N3O6S2. The van der Waals surface area contributed by atoms with Crippen LogP contribution in [0.1, 0.15) is 6.92 Å². The van der Waals surface area contributed by atoms with Gasteiger partial charge in [-0.05, 0) is 12.1 Å². The maximum absolute atomic E-state index is 12.5. The number of carbonyl (C=O) groups excluding carboxylic acids is 3. The molecule has 11 heteroatoms. The quantitative estimate of drug-likeness (QED) is 0.366. The minimum absolute atomic E-state index is 0.129. The SMILES string of the molecule is CC(=O)OCC1=C(C(=O)O)N2C(=O)[C@H](NC(=O)CSc3ccncc3)[C@@H]2SC1. The molecule has 2 atom stereocenters. The van der Waals surface area contributed by atoms with Crippen molar-refractivity contribution in [2.45, 2.75) is 23.2 Å². The number of fused-ring (bicyclic) bond motifs is 1. The lowest BCUT2D eigenvalue weighted by Crippen LogP contribution is -2.70. The van der Waals surface area contributed by atoms with Crippen LogP contribution in [0.15, 0.2) is 40.7 Å². The average Bonchev–Trinajstić information content (AvgIpc) is 2.68. The van der Waals surface area contributed by atoms with Gasteiger partial charge in [0.1, 0.15) is 23.7 Å². The summed E-state index contributed by atoms with van der Waals surface area (Å²) in [4.78, 5) is 53.2. The van der Waals surface area contributed by atoms with Crippen molar-refractivity contribution >= 4 is 47.3 Å². The molecule has 0 radical (unpaired) electrons. The van der Waals surface area contributed by atoms with Crippen molar-refractivity contribution in [3.8, 4) is 0 Å². The Morgan fingerprint density at radius 2 is 2.11 bits per heavy atom. The Labute approximate surface area is 168 Å². The third kappa shape index (κ3) is 4.30. The predicted molar refractivity (Wildman–Crippen MR) is 101 cm³/mol. The summed E-state index contributed by atoms with van der Waals surface area (Å²) in [6.07, 6.45) is 3.25. The van der Waals surface area contributed by atoms with Gasteiger partial charge in [0.15, 0.2) is 0 Å². The molecule has 2 aliphatic heterocycles. The molecule has 0 aromatic carbocycles. The molecule has 1 aromatic rings. The summed E-state index contributed by atoms with van der Waals surface area (Å²) in [5.74, 6) is -2.18. The number of nitrogens with one attached hydrogen (secondary N) is 1. The third-order valence-electron chi connectivity index (χ3n) is 4.04. The Kier molecular flexibility index (Phi) is 6.25. The molecule has 0 unspecified atom stereocenters. The maximum atomic E-state index is 12.5. The number of ether oxygens (including phenoxy) is 1. The smallest absolute Gasteiger partial charge is 0.352 e. The number of rotatable bonds is 7. The number of aromatic nitrogens is 1. The monoisotopic (exact) mass is 423 g/mol. The van der Waals surface area contributed by atoms with Crippen LogP contribution in [0.2, 0.25) is 0 Å². The molecule has 1 aromatic heterocycles. The number of esters is 1. The first-order valence-electron chi connectivity index (χ1n) is 8.24. The number of amides is 2. The minimum Gasteiger partial charge on any atom is -0.477 e. The summed E-state index contributed by atoms with van der Waals surface area (Å²) in [5.41, 5.74) is 0.182. The molecule has 2 amide bonds. The van der Waals surface area contributed by atoms with E-state index in [1.165, 1.54) is 30.4 Å². The fourth-order valence-electron chi connectivity index (χ4n) is 2.78. The molecule has 0 aliphatic carbocycles. The number of carbonyl (C=O) groups is 4. The number of aliphatic carboxylic acids is 1. The van der Waals surface area contributed by atoms with Crippen molar-refractivity contribution < 1.29 is 29.0 Å². The van der Waals surface area contributed by atoms with E-state index in [4.69, 9.17) is 4.74 Å². The van der Waals surface area contributed by atoms with Gasteiger partial charge < -0.3 is 15.2 Å². The highest BCUT2D eigenvalue weighted by Crippen LogP contribution is 2.40. The highest BCUT2D eigenvalue weighted by atomic mass is 32.2. The van der Waals surface area contributed by atoms with Crippen molar-refractivity contribution in [2.24, 2.45) is 0 Å². The third-order valence-corrected chi connectivity index (χ3v) is 6.39. The first-order valence-corrected chi connectivity index (χ1v) is 10.3. The number of carboxylic acid groups (broad SMARTS) is 1. The Bertz CT molecular complexity index is 845. The summed E-state index contributed by atoms with van der Waals surface area (Å²) in [6, 6.07) is 2.78. The lowest BCUT2D eigenvalue weighted by atomic mass is 10.0. The second-order valence-electron chi connectivity index (χ2n) is 5.96. The molecule has 3 rings (SSSR count). The van der Waals surface area contributed by atoms with E-state index in [0.717, 1.165) is 9.80 Å². The van der Waals surface area contributed by atoms with Crippen LogP contribution >= 0.6 is 23.5 Å². The molecule has 0 bridgehead atoms. The molecule has 2 N–H and O–H groups in total. The number of hydrogen-bond acceptors (Lipinski definition) is 8. The van der Waals surface area contributed by atoms with Crippen molar-refractivity contribution in [3.63, 3.8) is 0 Å². The number of thioether (sulfide) groups is 2. The largest absolute Gasteiger partial charge is 0.477 e. The first kappa shape index (κ1) is 20.2. The zero-order chi connectivity index (χ0) is 20.3. The van der Waals surface area contributed by atoms with E-state index in [0.29, 0.717) is 11.3 Å². The number of hydrogen-bond donors (Lipinski definition) is 2. The number of carboxylic acids is 1. The minimum atomic E-state index is -1.26. The summed E-state index contributed by atoms with van der Waals surface area (Å²) in [7, 11) is 0. The molecular weight excluding hydrogens is 406 g/mol. The summed E-state index contributed by atoms with van der Waals surface area (Å²) in [6.45, 7) is 1.05. The van der Waals surface area contributed by atoms with Gasteiger partial charge in [0, 0.05) is 35.5 Å². The standard InChI is InChI=1S/C17H17N3O6S2/c1-9(21)26-6-10-7-28-16-13(15(23)20(16)14(10)17(24)25)19-12(22)8-27-11-2-4-18-5-3-11/h2-5,13,16H,6-8H2,1H3,(H,19,22)(H,24,25)/t13-,16-/m0/s1. The van der Waals surface area contributed by atoms with Gasteiger partial charge in [-0.3, -0.25) is 24.3 Å². The number of pyridine rings is 1. The van der Waals surface area contributed by atoms with Crippen LogP contribution in [0.3, 0.4) is 0 Å². The Morgan fingerprint density at radius 3 is 2.75 bits per heavy atom. The van der Waals surface area contributed by atoms with Crippen LogP contribution in [0, 0.1) is 0 Å². The van der Waals surface area contributed by atoms with Crippen LogP contribution in [0.4, 0.5) is 0 Å². The molecule has 9 nitrogen and oxygen atoms in total. The zero-order valence-corrected chi connectivity index (χ0v) is 16.4. The Hall–Kier alpha value is -2.53. The first-order chi connectivity index (χ1) is 13.4. The van der Waals surface area contributed by atoms with E-state index in [9.17, 15) is 24.3 Å². The van der Waals surface area contributed by atoms with Gasteiger partial charge in [0.05, 0.1) is 5.75 Å². The normalized spacial score (nSPS) is 20.9. The fraction of sp³-hybridized carbons (Fsp3) is 0.353. The second kappa shape index (κ2) is 8.65. The molecule has 2 aliphatic rings. The van der Waals surface area contributed by atoms with E-state index in [1.807, 2.05) is 0 Å². The van der Waals surface area contributed by atoms with Gasteiger partial charge in [-0.15, -0.1) is 23.5 Å². The predicted octanol–water partition coefficient (Wildman–Crippen LogP) is 0.475. The second-order valence-corrected chi connectivity index (χ2v) is 8.12. The van der Waals surface area contributed by atoms with Gasteiger partial charge in [-0.1, -0.05) is 0 Å². The number of nitrogens with zero attached hydrogens (tertiary/aromatic N) is 2. The highest BCUT2D eigenvalue weighted by molar-refractivity contribution is 8.00. The van der Waals surface area contributed by atoms with Crippen molar-refractivity contribution in [2.75, 3.05) is 18.1 Å². The van der Waals surface area contributed by atoms with Crippen LogP contribution in [0.5, 0.6) is 0 Å². The molecule has 1 fully saturated rings. The molecule has 0 saturated carbocycles. The van der Waals surface area contributed by atoms with E-state index in [-0.39, 0.29) is 24.0 Å². The van der Waals surface area contributed by atoms with Crippen molar-refractivity contribution in [1.29, 1.82) is 0 Å². The summed E-state index contributed by atoms with van der Waals surface area (Å²) < 4.78 is 4.88. The van der Waals surface area contributed by atoms with Crippen LogP contribution in [-0.4, -0.2) is 68.3 Å². The Balaban J connectivity index is 1.62.